The van der Waals surface area contributed by atoms with Crippen LogP contribution in [-0.4, -0.2) is 55.1 Å². The molecule has 2 N–H and O–H groups in total. The predicted octanol–water partition coefficient (Wildman–Crippen LogP) is 1.33. The number of rotatable bonds is 5. The normalized spacial score (nSPS) is 17.7. The van der Waals surface area contributed by atoms with Crippen molar-refractivity contribution >= 4 is 23.0 Å². The lowest BCUT2D eigenvalue weighted by molar-refractivity contribution is 0.0376. The van der Waals surface area contributed by atoms with Crippen LogP contribution in [0, 0.1) is 0 Å². The standard InChI is InChI=1S/C17H24N4OS/c23-17(18-6-3-7-21-8-10-22-11-9-21)20-19-16-12-14-4-1-2-5-15(14)13-16/h1-2,4-5H,3,6-13H2,(H2,18,20,23). The predicted molar refractivity (Wildman–Crippen MR) is 96.9 cm³/mol. The summed E-state index contributed by atoms with van der Waals surface area (Å²) in [5.74, 6) is 0. The van der Waals surface area contributed by atoms with Crippen molar-refractivity contribution in [2.45, 2.75) is 19.3 Å². The van der Waals surface area contributed by atoms with Crippen molar-refractivity contribution in [1.82, 2.24) is 15.6 Å². The fourth-order valence-electron chi connectivity index (χ4n) is 2.98. The first-order chi connectivity index (χ1) is 11.3. The summed E-state index contributed by atoms with van der Waals surface area (Å²) in [6.45, 7) is 5.74. The van der Waals surface area contributed by atoms with Crippen LogP contribution in [0.25, 0.3) is 0 Å². The third-order valence-electron chi connectivity index (χ3n) is 4.26. The molecule has 3 rings (SSSR count). The first kappa shape index (κ1) is 16.4. The Morgan fingerprint density at radius 3 is 2.57 bits per heavy atom. The SMILES string of the molecule is S=C(NCCCN1CCOCC1)NN=C1Cc2ccccc2C1. The highest BCUT2D eigenvalue weighted by molar-refractivity contribution is 7.80. The highest BCUT2D eigenvalue weighted by Gasteiger charge is 2.15. The Kier molecular flexibility index (Phi) is 5.96. The third-order valence-corrected chi connectivity index (χ3v) is 4.50. The molecule has 1 aromatic rings. The van der Waals surface area contributed by atoms with E-state index in [2.05, 4.69) is 45.0 Å². The van der Waals surface area contributed by atoms with E-state index in [1.165, 1.54) is 11.1 Å². The molecule has 23 heavy (non-hydrogen) atoms. The molecule has 1 aromatic carbocycles. The molecular weight excluding hydrogens is 308 g/mol. The van der Waals surface area contributed by atoms with Gasteiger partial charge in [-0.15, -0.1) is 0 Å². The Bertz CT molecular complexity index is 542. The van der Waals surface area contributed by atoms with Crippen LogP contribution in [0.15, 0.2) is 29.4 Å². The van der Waals surface area contributed by atoms with Gasteiger partial charge >= 0.3 is 0 Å². The molecule has 0 unspecified atom stereocenters. The van der Waals surface area contributed by atoms with Crippen molar-refractivity contribution in [3.8, 4) is 0 Å². The van der Waals surface area contributed by atoms with E-state index in [0.717, 1.165) is 64.4 Å². The first-order valence-electron chi connectivity index (χ1n) is 8.27. The van der Waals surface area contributed by atoms with Gasteiger partial charge in [0.15, 0.2) is 5.11 Å². The fraction of sp³-hybridized carbons (Fsp3) is 0.529. The van der Waals surface area contributed by atoms with Crippen LogP contribution in [0.4, 0.5) is 0 Å². The van der Waals surface area contributed by atoms with Crippen molar-refractivity contribution in [3.63, 3.8) is 0 Å². The van der Waals surface area contributed by atoms with Crippen LogP contribution in [0.2, 0.25) is 0 Å². The number of morpholine rings is 1. The zero-order chi connectivity index (χ0) is 15.9. The van der Waals surface area contributed by atoms with Gasteiger partial charge in [-0.1, -0.05) is 24.3 Å². The van der Waals surface area contributed by atoms with Gasteiger partial charge in [0.25, 0.3) is 0 Å². The number of nitrogens with one attached hydrogen (secondary N) is 2. The Morgan fingerprint density at radius 1 is 1.17 bits per heavy atom. The van der Waals surface area contributed by atoms with Gasteiger partial charge < -0.3 is 10.1 Å². The van der Waals surface area contributed by atoms with E-state index < -0.39 is 0 Å². The van der Waals surface area contributed by atoms with Crippen molar-refractivity contribution in [1.29, 1.82) is 0 Å². The van der Waals surface area contributed by atoms with Crippen LogP contribution in [0.5, 0.6) is 0 Å². The molecule has 1 aliphatic carbocycles. The molecular formula is C17H24N4OS. The summed E-state index contributed by atoms with van der Waals surface area (Å²) in [4.78, 5) is 2.43. The quantitative estimate of drug-likeness (QED) is 0.484. The van der Waals surface area contributed by atoms with Gasteiger partial charge in [-0.3, -0.25) is 10.3 Å². The van der Waals surface area contributed by atoms with Crippen LogP contribution in [0.3, 0.4) is 0 Å². The van der Waals surface area contributed by atoms with Crippen molar-refractivity contribution in [2.75, 3.05) is 39.4 Å². The molecule has 2 aliphatic rings. The lowest BCUT2D eigenvalue weighted by atomic mass is 10.1. The van der Waals surface area contributed by atoms with E-state index in [1.807, 2.05) is 0 Å². The van der Waals surface area contributed by atoms with Gasteiger partial charge in [0.05, 0.1) is 13.2 Å². The lowest BCUT2D eigenvalue weighted by Gasteiger charge is -2.26. The average Bonchev–Trinajstić information content (AvgIpc) is 3.01. The smallest absolute Gasteiger partial charge is 0.186 e. The Morgan fingerprint density at radius 2 is 1.87 bits per heavy atom. The number of ether oxygens (including phenoxy) is 1. The Balaban J connectivity index is 1.32. The molecule has 0 amide bonds. The zero-order valence-corrected chi connectivity index (χ0v) is 14.2. The molecule has 0 spiro atoms. The number of hydrogen-bond acceptors (Lipinski definition) is 4. The maximum absolute atomic E-state index is 5.35. The van der Waals surface area contributed by atoms with Crippen LogP contribution in [0.1, 0.15) is 17.5 Å². The van der Waals surface area contributed by atoms with Crippen LogP contribution >= 0.6 is 12.2 Å². The van der Waals surface area contributed by atoms with Gasteiger partial charge in [-0.2, -0.15) is 5.10 Å². The Hall–Kier alpha value is -1.50. The lowest BCUT2D eigenvalue weighted by Crippen LogP contribution is -2.39. The number of nitrogens with zero attached hydrogens (tertiary/aromatic N) is 2. The van der Waals surface area contributed by atoms with E-state index >= 15 is 0 Å². The number of hydrogen-bond donors (Lipinski definition) is 2. The van der Waals surface area contributed by atoms with Gasteiger partial charge in [0.2, 0.25) is 0 Å². The van der Waals surface area contributed by atoms with Gasteiger partial charge in [0.1, 0.15) is 0 Å². The van der Waals surface area contributed by atoms with E-state index in [4.69, 9.17) is 17.0 Å². The summed E-state index contributed by atoms with van der Waals surface area (Å²) in [7, 11) is 0. The Labute approximate surface area is 143 Å². The second-order valence-corrected chi connectivity index (χ2v) is 6.38. The average molecular weight is 332 g/mol. The molecule has 0 bridgehead atoms. The second kappa shape index (κ2) is 8.38. The largest absolute Gasteiger partial charge is 0.379 e. The maximum atomic E-state index is 5.35. The highest BCUT2D eigenvalue weighted by Crippen LogP contribution is 2.19. The topological polar surface area (TPSA) is 48.9 Å². The molecule has 0 saturated carbocycles. The van der Waals surface area contributed by atoms with Gasteiger partial charge in [0, 0.05) is 38.2 Å². The molecule has 0 atom stereocenters. The van der Waals surface area contributed by atoms with Gasteiger partial charge in [-0.25, -0.2) is 0 Å². The second-order valence-electron chi connectivity index (χ2n) is 5.98. The van der Waals surface area contributed by atoms with E-state index in [-0.39, 0.29) is 0 Å². The van der Waals surface area contributed by atoms with Crippen LogP contribution in [-0.2, 0) is 17.6 Å². The van der Waals surface area contributed by atoms with E-state index in [9.17, 15) is 0 Å². The molecule has 0 aromatic heterocycles. The summed E-state index contributed by atoms with van der Waals surface area (Å²) in [5, 5.41) is 8.27. The van der Waals surface area contributed by atoms with Gasteiger partial charge in [-0.05, 0) is 36.3 Å². The highest BCUT2D eigenvalue weighted by atomic mass is 32.1. The minimum absolute atomic E-state index is 0.607. The van der Waals surface area contributed by atoms with Crippen LogP contribution < -0.4 is 10.7 Å². The molecule has 6 heteroatoms. The third kappa shape index (κ3) is 4.99. The number of thiocarbonyl (C=S) groups is 1. The first-order valence-corrected chi connectivity index (χ1v) is 8.68. The fourth-order valence-corrected chi connectivity index (χ4v) is 3.13. The van der Waals surface area contributed by atoms with Crippen molar-refractivity contribution < 1.29 is 4.74 Å². The van der Waals surface area contributed by atoms with Crippen molar-refractivity contribution in [3.05, 3.63) is 35.4 Å². The summed E-state index contributed by atoms with van der Waals surface area (Å²) in [6, 6.07) is 8.49. The molecule has 124 valence electrons. The summed E-state index contributed by atoms with van der Waals surface area (Å²) >= 11 is 5.28. The maximum Gasteiger partial charge on any atom is 0.186 e. The minimum Gasteiger partial charge on any atom is -0.379 e. The molecule has 5 nitrogen and oxygen atoms in total. The molecule has 1 saturated heterocycles. The molecule has 0 radical (unpaired) electrons. The molecule has 1 heterocycles. The van der Waals surface area contributed by atoms with E-state index in [0.29, 0.717) is 5.11 Å². The summed E-state index contributed by atoms with van der Waals surface area (Å²) in [5.41, 5.74) is 6.86. The minimum atomic E-state index is 0.607. The molecule has 1 fully saturated rings. The van der Waals surface area contributed by atoms with Crippen molar-refractivity contribution in [2.24, 2.45) is 5.10 Å². The summed E-state index contributed by atoms with van der Waals surface area (Å²) in [6.07, 6.45) is 2.91. The number of hydrazone groups is 1. The zero-order valence-electron chi connectivity index (χ0n) is 13.4. The summed E-state index contributed by atoms with van der Waals surface area (Å²) < 4.78 is 5.35. The monoisotopic (exact) mass is 332 g/mol. The number of fused-ring (bicyclic) bond motifs is 1. The van der Waals surface area contributed by atoms with E-state index in [1.54, 1.807) is 0 Å². The molecule has 1 aliphatic heterocycles. The number of benzene rings is 1.